The van der Waals surface area contributed by atoms with Crippen molar-refractivity contribution in [1.82, 2.24) is 14.8 Å². The Kier molecular flexibility index (Phi) is 6.79. The number of anilines is 2. The maximum atomic E-state index is 12.4. The van der Waals surface area contributed by atoms with Gasteiger partial charge in [-0.15, -0.1) is 10.2 Å². The number of aromatic hydroxyl groups is 1. The Morgan fingerprint density at radius 3 is 2.68 bits per heavy atom. The number of aromatic nitrogens is 3. The first-order valence-electron chi connectivity index (χ1n) is 9.75. The number of halogens is 1. The molecule has 2 heterocycles. The van der Waals surface area contributed by atoms with Gasteiger partial charge in [0.2, 0.25) is 5.91 Å². The van der Waals surface area contributed by atoms with E-state index in [1.165, 1.54) is 11.8 Å². The van der Waals surface area contributed by atoms with Crippen molar-refractivity contribution in [1.29, 1.82) is 0 Å². The average molecular weight is 504 g/mol. The molecule has 162 valence electrons. The van der Waals surface area contributed by atoms with Crippen LogP contribution in [-0.4, -0.2) is 57.8 Å². The van der Waals surface area contributed by atoms with E-state index in [1.54, 1.807) is 29.8 Å². The molecule has 1 fully saturated rings. The van der Waals surface area contributed by atoms with E-state index in [0.29, 0.717) is 16.5 Å². The summed E-state index contributed by atoms with van der Waals surface area (Å²) >= 11 is 4.69. The highest BCUT2D eigenvalue weighted by Crippen LogP contribution is 2.32. The molecule has 1 saturated heterocycles. The van der Waals surface area contributed by atoms with Crippen LogP contribution in [0.15, 0.2) is 52.1 Å². The SMILES string of the molecule is Cn1c(SCC(=O)Nc2ccc(N3CCOCC3)cc2)nnc1-c1cc(Br)ccc1O. The summed E-state index contributed by atoms with van der Waals surface area (Å²) in [6.07, 6.45) is 0. The van der Waals surface area contributed by atoms with Crippen LogP contribution in [0.2, 0.25) is 0 Å². The summed E-state index contributed by atoms with van der Waals surface area (Å²) in [6, 6.07) is 13.0. The molecule has 0 spiro atoms. The zero-order valence-corrected chi connectivity index (χ0v) is 19.3. The third kappa shape index (κ3) is 5.20. The normalized spacial score (nSPS) is 13.9. The number of ether oxygens (including phenoxy) is 1. The maximum Gasteiger partial charge on any atom is 0.234 e. The minimum absolute atomic E-state index is 0.119. The topological polar surface area (TPSA) is 92.5 Å². The molecule has 10 heteroatoms. The average Bonchev–Trinajstić information content (AvgIpc) is 3.15. The minimum Gasteiger partial charge on any atom is -0.507 e. The van der Waals surface area contributed by atoms with Crippen molar-refractivity contribution in [2.75, 3.05) is 42.3 Å². The Morgan fingerprint density at radius 2 is 1.94 bits per heavy atom. The molecule has 0 unspecified atom stereocenters. The summed E-state index contributed by atoms with van der Waals surface area (Å²) in [5.74, 6) is 0.717. The molecule has 31 heavy (non-hydrogen) atoms. The molecule has 0 radical (unpaired) electrons. The molecule has 8 nitrogen and oxygen atoms in total. The molecule has 0 aliphatic carbocycles. The smallest absolute Gasteiger partial charge is 0.234 e. The third-order valence-electron chi connectivity index (χ3n) is 4.89. The van der Waals surface area contributed by atoms with Gasteiger partial charge >= 0.3 is 0 Å². The van der Waals surface area contributed by atoms with E-state index in [4.69, 9.17) is 4.74 Å². The van der Waals surface area contributed by atoms with Gasteiger partial charge in [-0.2, -0.15) is 0 Å². The van der Waals surface area contributed by atoms with Gasteiger partial charge in [0.1, 0.15) is 5.75 Å². The van der Waals surface area contributed by atoms with Crippen LogP contribution >= 0.6 is 27.7 Å². The Hall–Kier alpha value is -2.56. The second kappa shape index (κ2) is 9.71. The van der Waals surface area contributed by atoms with Crippen molar-refractivity contribution >= 4 is 45.0 Å². The Morgan fingerprint density at radius 1 is 1.19 bits per heavy atom. The van der Waals surface area contributed by atoms with E-state index in [2.05, 4.69) is 36.3 Å². The summed E-state index contributed by atoms with van der Waals surface area (Å²) in [6.45, 7) is 3.22. The fourth-order valence-corrected chi connectivity index (χ4v) is 4.34. The van der Waals surface area contributed by atoms with E-state index < -0.39 is 0 Å². The van der Waals surface area contributed by atoms with Crippen LogP contribution in [0.3, 0.4) is 0 Å². The monoisotopic (exact) mass is 503 g/mol. The number of morpholine rings is 1. The second-order valence-corrected chi connectivity index (χ2v) is 8.87. The largest absolute Gasteiger partial charge is 0.507 e. The molecule has 4 rings (SSSR count). The van der Waals surface area contributed by atoms with Crippen LogP contribution < -0.4 is 10.2 Å². The molecule has 2 aromatic carbocycles. The van der Waals surface area contributed by atoms with Crippen molar-refractivity contribution in [3.05, 3.63) is 46.9 Å². The van der Waals surface area contributed by atoms with E-state index in [0.717, 1.165) is 42.2 Å². The van der Waals surface area contributed by atoms with Crippen LogP contribution in [0.4, 0.5) is 11.4 Å². The highest BCUT2D eigenvalue weighted by molar-refractivity contribution is 9.10. The molecule has 1 aromatic heterocycles. The maximum absolute atomic E-state index is 12.4. The number of carbonyl (C=O) groups is 1. The number of nitrogens with zero attached hydrogens (tertiary/aromatic N) is 4. The first kappa shape index (κ1) is 21.7. The van der Waals surface area contributed by atoms with Gasteiger partial charge in [0, 0.05) is 36.0 Å². The van der Waals surface area contributed by atoms with E-state index in [1.807, 2.05) is 24.3 Å². The fourth-order valence-electron chi connectivity index (χ4n) is 3.27. The van der Waals surface area contributed by atoms with Gasteiger partial charge in [-0.25, -0.2) is 0 Å². The third-order valence-corrected chi connectivity index (χ3v) is 6.41. The number of thioether (sulfide) groups is 1. The van der Waals surface area contributed by atoms with Crippen LogP contribution in [-0.2, 0) is 16.6 Å². The van der Waals surface area contributed by atoms with Gasteiger partial charge in [0.05, 0.1) is 24.5 Å². The number of benzene rings is 2. The lowest BCUT2D eigenvalue weighted by Crippen LogP contribution is -2.36. The van der Waals surface area contributed by atoms with Crippen molar-refractivity contribution in [3.8, 4) is 17.1 Å². The Bertz CT molecular complexity index is 1070. The van der Waals surface area contributed by atoms with Gasteiger partial charge in [-0.3, -0.25) is 4.79 Å². The van der Waals surface area contributed by atoms with E-state index >= 15 is 0 Å². The van der Waals surface area contributed by atoms with Gasteiger partial charge < -0.3 is 24.6 Å². The second-order valence-electron chi connectivity index (χ2n) is 7.01. The lowest BCUT2D eigenvalue weighted by atomic mass is 10.2. The number of amides is 1. The molecule has 0 atom stereocenters. The number of phenolic OH excluding ortho intramolecular Hbond substituents is 1. The summed E-state index contributed by atoms with van der Waals surface area (Å²) in [4.78, 5) is 14.7. The first-order chi connectivity index (χ1) is 15.0. The van der Waals surface area contributed by atoms with Crippen molar-refractivity contribution in [2.45, 2.75) is 5.16 Å². The van der Waals surface area contributed by atoms with Crippen molar-refractivity contribution in [3.63, 3.8) is 0 Å². The van der Waals surface area contributed by atoms with Crippen LogP contribution in [0.1, 0.15) is 0 Å². The lowest BCUT2D eigenvalue weighted by Gasteiger charge is -2.28. The molecule has 0 bridgehead atoms. The number of carbonyl (C=O) groups excluding carboxylic acids is 1. The summed E-state index contributed by atoms with van der Waals surface area (Å²) in [5.41, 5.74) is 2.44. The van der Waals surface area contributed by atoms with E-state index in [-0.39, 0.29) is 17.4 Å². The molecular weight excluding hydrogens is 482 g/mol. The summed E-state index contributed by atoms with van der Waals surface area (Å²) in [7, 11) is 1.81. The highest BCUT2D eigenvalue weighted by Gasteiger charge is 2.16. The summed E-state index contributed by atoms with van der Waals surface area (Å²) in [5, 5.41) is 22.0. The quantitative estimate of drug-likeness (QED) is 0.497. The fraction of sp³-hybridized carbons (Fsp3) is 0.286. The Balaban J connectivity index is 1.35. The molecule has 2 N–H and O–H groups in total. The van der Waals surface area contributed by atoms with Crippen LogP contribution in [0.25, 0.3) is 11.4 Å². The predicted molar refractivity (Wildman–Crippen MR) is 125 cm³/mol. The first-order valence-corrected chi connectivity index (χ1v) is 11.5. The van der Waals surface area contributed by atoms with Crippen molar-refractivity contribution < 1.29 is 14.6 Å². The number of rotatable bonds is 6. The minimum atomic E-state index is -0.126. The Labute approximate surface area is 192 Å². The molecular formula is C21H22BrN5O3S. The zero-order chi connectivity index (χ0) is 21.8. The van der Waals surface area contributed by atoms with Gasteiger partial charge in [0.15, 0.2) is 11.0 Å². The molecule has 1 amide bonds. The van der Waals surface area contributed by atoms with Crippen molar-refractivity contribution in [2.24, 2.45) is 7.05 Å². The standard InChI is InChI=1S/C21H22BrN5O3S/c1-26-20(17-12-14(22)2-7-18(17)28)24-25-21(26)31-13-19(29)23-15-3-5-16(6-4-15)27-8-10-30-11-9-27/h2-7,12,28H,8-11,13H2,1H3,(H,23,29). The highest BCUT2D eigenvalue weighted by atomic mass is 79.9. The van der Waals surface area contributed by atoms with Gasteiger partial charge in [-0.05, 0) is 42.5 Å². The number of hydrogen-bond acceptors (Lipinski definition) is 7. The number of phenols is 1. The molecule has 0 saturated carbocycles. The van der Waals surface area contributed by atoms with Crippen LogP contribution in [0, 0.1) is 0 Å². The zero-order valence-electron chi connectivity index (χ0n) is 16.9. The summed E-state index contributed by atoms with van der Waals surface area (Å²) < 4.78 is 7.97. The number of hydrogen-bond donors (Lipinski definition) is 2. The molecule has 1 aliphatic heterocycles. The predicted octanol–water partition coefficient (Wildman–Crippen LogP) is 3.52. The number of nitrogens with one attached hydrogen (secondary N) is 1. The van der Waals surface area contributed by atoms with Gasteiger partial charge in [-0.1, -0.05) is 27.7 Å². The lowest BCUT2D eigenvalue weighted by molar-refractivity contribution is -0.113. The van der Waals surface area contributed by atoms with Gasteiger partial charge in [0.25, 0.3) is 0 Å². The van der Waals surface area contributed by atoms with E-state index in [9.17, 15) is 9.90 Å². The molecule has 3 aromatic rings. The molecule has 1 aliphatic rings. The van der Waals surface area contributed by atoms with Crippen LogP contribution in [0.5, 0.6) is 5.75 Å².